The van der Waals surface area contributed by atoms with E-state index in [0.29, 0.717) is 6.42 Å². The summed E-state index contributed by atoms with van der Waals surface area (Å²) in [5, 5.41) is 7.93. The Morgan fingerprint density at radius 1 is 0.857 bits per heavy atom. The van der Waals surface area contributed by atoms with Crippen molar-refractivity contribution in [1.29, 1.82) is 0 Å². The Hall–Kier alpha value is -3.28. The average molecular weight is 503 g/mol. The lowest BCUT2D eigenvalue weighted by Gasteiger charge is -2.18. The highest BCUT2D eigenvalue weighted by Crippen LogP contribution is 2.27. The van der Waals surface area contributed by atoms with Crippen LogP contribution in [0.3, 0.4) is 0 Å². The van der Waals surface area contributed by atoms with E-state index >= 15 is 0 Å². The van der Waals surface area contributed by atoms with Gasteiger partial charge in [0.25, 0.3) is 5.24 Å². The molecule has 4 aromatic rings. The lowest BCUT2D eigenvalue weighted by atomic mass is 9.99. The largest absolute Gasteiger partial charge is 0.378 e. The van der Waals surface area contributed by atoms with Crippen LogP contribution in [0.1, 0.15) is 35.2 Å². The second-order valence-electron chi connectivity index (χ2n) is 8.72. The van der Waals surface area contributed by atoms with Gasteiger partial charge in [0, 0.05) is 11.7 Å². The van der Waals surface area contributed by atoms with Crippen LogP contribution < -0.4 is 10.6 Å². The summed E-state index contributed by atoms with van der Waals surface area (Å²) in [6.45, 7) is 2.19. The molecule has 0 radical (unpaired) electrons. The molecule has 1 saturated heterocycles. The highest BCUT2D eigenvalue weighted by molar-refractivity contribution is 8.15. The minimum absolute atomic E-state index is 0. The maximum atomic E-state index is 11.9. The summed E-state index contributed by atoms with van der Waals surface area (Å²) >= 11 is 1.08. The van der Waals surface area contributed by atoms with Crippen LogP contribution in [0, 0.1) is 0 Å². The minimum Gasteiger partial charge on any atom is -0.378 e. The Morgan fingerprint density at radius 3 is 2.34 bits per heavy atom. The van der Waals surface area contributed by atoms with Gasteiger partial charge in [0.15, 0.2) is 0 Å². The standard InChI is InChI=1S/C29H26N2O2S.ClH/c1-19(25-11-5-9-23-8-2-3-10-26(23)25)30-24-14-12-20(13-15-24)16-21-6-4-7-22(17-21)18-27-28(32)31-29(33)34-27;/h2-15,17,19,27,30H,16,18H2,1H3,(H,31,32,33);1H/t19-,27?;/m1./s1. The molecule has 2 atom stereocenters. The molecule has 1 aliphatic rings. The van der Waals surface area contributed by atoms with Gasteiger partial charge in [-0.05, 0) is 64.9 Å². The summed E-state index contributed by atoms with van der Waals surface area (Å²) in [6.07, 6.45) is 1.38. The quantitative estimate of drug-likeness (QED) is 0.288. The van der Waals surface area contributed by atoms with Crippen LogP contribution in [0.15, 0.2) is 91.0 Å². The van der Waals surface area contributed by atoms with E-state index in [-0.39, 0.29) is 34.8 Å². The summed E-state index contributed by atoms with van der Waals surface area (Å²) in [7, 11) is 0. The number of carbonyl (C=O) groups is 2. The van der Waals surface area contributed by atoms with Gasteiger partial charge in [-0.3, -0.25) is 14.9 Å². The highest BCUT2D eigenvalue weighted by atomic mass is 35.5. The number of imide groups is 1. The molecule has 178 valence electrons. The van der Waals surface area contributed by atoms with Crippen molar-refractivity contribution in [2.75, 3.05) is 5.32 Å². The molecule has 0 spiro atoms. The molecule has 2 amide bonds. The Balaban J connectivity index is 0.00000289. The number of thioether (sulfide) groups is 1. The molecule has 6 heteroatoms. The first-order valence-corrected chi connectivity index (χ1v) is 12.4. The Labute approximate surface area is 215 Å². The monoisotopic (exact) mass is 502 g/mol. The maximum Gasteiger partial charge on any atom is 0.286 e. The number of halogens is 1. The molecule has 1 heterocycles. The van der Waals surface area contributed by atoms with Crippen molar-refractivity contribution in [1.82, 2.24) is 5.32 Å². The molecule has 0 aromatic heterocycles. The molecule has 0 aliphatic carbocycles. The highest BCUT2D eigenvalue weighted by Gasteiger charge is 2.31. The molecule has 5 rings (SSSR count). The van der Waals surface area contributed by atoms with Gasteiger partial charge in [0.2, 0.25) is 5.91 Å². The van der Waals surface area contributed by atoms with Gasteiger partial charge in [0.05, 0.1) is 5.25 Å². The van der Waals surface area contributed by atoms with E-state index < -0.39 is 0 Å². The predicted molar refractivity (Wildman–Crippen MR) is 148 cm³/mol. The first-order valence-electron chi connectivity index (χ1n) is 11.5. The van der Waals surface area contributed by atoms with E-state index in [1.807, 2.05) is 12.1 Å². The number of rotatable bonds is 7. The van der Waals surface area contributed by atoms with Gasteiger partial charge < -0.3 is 5.32 Å². The van der Waals surface area contributed by atoms with Crippen molar-refractivity contribution in [3.63, 3.8) is 0 Å². The zero-order chi connectivity index (χ0) is 23.5. The molecule has 4 aromatic carbocycles. The van der Waals surface area contributed by atoms with Gasteiger partial charge in [0.1, 0.15) is 0 Å². The molecular weight excluding hydrogens is 476 g/mol. The first kappa shape index (κ1) is 24.8. The van der Waals surface area contributed by atoms with Gasteiger partial charge in [-0.15, -0.1) is 12.4 Å². The third-order valence-corrected chi connectivity index (χ3v) is 7.20. The van der Waals surface area contributed by atoms with Crippen molar-refractivity contribution in [2.45, 2.75) is 31.1 Å². The number of hydrogen-bond acceptors (Lipinski definition) is 4. The minimum atomic E-state index is -0.336. The van der Waals surface area contributed by atoms with Crippen molar-refractivity contribution < 1.29 is 9.59 Å². The predicted octanol–water partition coefficient (Wildman–Crippen LogP) is 6.92. The van der Waals surface area contributed by atoms with Crippen molar-refractivity contribution in [2.24, 2.45) is 0 Å². The number of benzene rings is 4. The van der Waals surface area contributed by atoms with Crippen molar-refractivity contribution >= 4 is 51.8 Å². The fourth-order valence-electron chi connectivity index (χ4n) is 4.52. The molecule has 0 bridgehead atoms. The van der Waals surface area contributed by atoms with Gasteiger partial charge in [-0.25, -0.2) is 0 Å². The maximum absolute atomic E-state index is 11.9. The molecule has 4 nitrogen and oxygen atoms in total. The van der Waals surface area contributed by atoms with E-state index in [0.717, 1.165) is 29.4 Å². The van der Waals surface area contributed by atoms with Crippen LogP contribution in [0.25, 0.3) is 10.8 Å². The van der Waals surface area contributed by atoms with Gasteiger partial charge in [-0.1, -0.05) is 90.6 Å². The molecule has 0 saturated carbocycles. The van der Waals surface area contributed by atoms with E-state index in [1.165, 1.54) is 27.5 Å². The smallest absolute Gasteiger partial charge is 0.286 e. The van der Waals surface area contributed by atoms with Gasteiger partial charge in [-0.2, -0.15) is 0 Å². The molecule has 35 heavy (non-hydrogen) atoms. The number of amides is 2. The lowest BCUT2D eigenvalue weighted by molar-refractivity contribution is -0.118. The Bertz CT molecular complexity index is 1350. The van der Waals surface area contributed by atoms with Crippen LogP contribution in [0.5, 0.6) is 0 Å². The van der Waals surface area contributed by atoms with Crippen molar-refractivity contribution in [3.8, 4) is 0 Å². The fourth-order valence-corrected chi connectivity index (χ4v) is 5.38. The summed E-state index contributed by atoms with van der Waals surface area (Å²) in [6, 6.07) is 32.0. The SMILES string of the molecule is C[C@@H](Nc1ccc(Cc2cccc(CC3SC(=O)NC3=O)c2)cc1)c1cccc2ccccc12.Cl. The fraction of sp³-hybridized carbons (Fsp3) is 0.172. The molecule has 1 aliphatic heterocycles. The summed E-state index contributed by atoms with van der Waals surface area (Å²) in [5.41, 5.74) is 5.87. The molecule has 2 N–H and O–H groups in total. The molecule has 1 fully saturated rings. The summed E-state index contributed by atoms with van der Waals surface area (Å²) < 4.78 is 0. The molecule has 1 unspecified atom stereocenters. The second kappa shape index (κ2) is 11.0. The zero-order valence-electron chi connectivity index (χ0n) is 19.4. The first-order chi connectivity index (χ1) is 16.5. The Morgan fingerprint density at radius 2 is 1.57 bits per heavy atom. The van der Waals surface area contributed by atoms with Crippen molar-refractivity contribution in [3.05, 3.63) is 113 Å². The second-order valence-corrected chi connectivity index (χ2v) is 9.89. The summed E-state index contributed by atoms with van der Waals surface area (Å²) in [5.74, 6) is -0.193. The van der Waals surface area contributed by atoms with E-state index in [1.54, 1.807) is 0 Å². The van der Waals surface area contributed by atoms with E-state index in [9.17, 15) is 9.59 Å². The topological polar surface area (TPSA) is 58.2 Å². The Kier molecular flexibility index (Phi) is 7.79. The van der Waals surface area contributed by atoms with E-state index in [4.69, 9.17) is 0 Å². The van der Waals surface area contributed by atoms with Gasteiger partial charge >= 0.3 is 0 Å². The number of hydrogen-bond donors (Lipinski definition) is 2. The third kappa shape index (κ3) is 5.87. The third-order valence-electron chi connectivity index (χ3n) is 6.21. The average Bonchev–Trinajstić information content (AvgIpc) is 3.16. The van der Waals surface area contributed by atoms with Crippen LogP contribution in [-0.4, -0.2) is 16.4 Å². The van der Waals surface area contributed by atoms with Crippen LogP contribution in [0.2, 0.25) is 0 Å². The van der Waals surface area contributed by atoms with Crippen LogP contribution >= 0.6 is 24.2 Å². The van der Waals surface area contributed by atoms with E-state index in [2.05, 4.69) is 96.4 Å². The van der Waals surface area contributed by atoms with Crippen LogP contribution in [0.4, 0.5) is 10.5 Å². The zero-order valence-corrected chi connectivity index (χ0v) is 21.0. The summed E-state index contributed by atoms with van der Waals surface area (Å²) in [4.78, 5) is 23.3. The number of nitrogens with one attached hydrogen (secondary N) is 2. The molecular formula is C29H27ClN2O2S. The normalized spacial score (nSPS) is 16.0. The number of fused-ring (bicyclic) bond motifs is 1. The van der Waals surface area contributed by atoms with Crippen LogP contribution in [-0.2, 0) is 17.6 Å². The number of carbonyl (C=O) groups excluding carboxylic acids is 2. The lowest BCUT2D eigenvalue weighted by Crippen LogP contribution is -2.25. The number of anilines is 1.